The number of carbonyl (C=O) groups is 2. The quantitative estimate of drug-likeness (QED) is 0.344. The van der Waals surface area contributed by atoms with Crippen LogP contribution >= 0.6 is 0 Å². The van der Waals surface area contributed by atoms with Gasteiger partial charge in [-0.3, -0.25) is 14.2 Å². The normalized spacial score (nSPS) is 30.7. The number of nitrogens with one attached hydrogen (secondary N) is 1. The molecule has 0 aliphatic carbocycles. The number of aromatic nitrogens is 2. The highest BCUT2D eigenvalue weighted by Crippen LogP contribution is 2.40. The zero-order valence-electron chi connectivity index (χ0n) is 14.1. The summed E-state index contributed by atoms with van der Waals surface area (Å²) >= 11 is 0. The first kappa shape index (κ1) is 19.4. The lowest BCUT2D eigenvalue weighted by molar-refractivity contribution is -0.304. The van der Waals surface area contributed by atoms with Gasteiger partial charge in [0.25, 0.3) is 0 Å². The van der Waals surface area contributed by atoms with Crippen molar-refractivity contribution in [2.24, 2.45) is 11.7 Å². The molecule has 27 heavy (non-hydrogen) atoms. The Kier molecular flexibility index (Phi) is 5.53. The third-order valence-electron chi connectivity index (χ3n) is 4.58. The lowest BCUT2D eigenvalue weighted by Crippen LogP contribution is -2.62. The number of nitrogens with zero attached hydrogens (tertiary/aromatic N) is 2. The summed E-state index contributed by atoms with van der Waals surface area (Å²) in [5, 5.41) is 30.4. The molecular weight excluding hydrogens is 364 g/mol. The Morgan fingerprint density at radius 2 is 2.22 bits per heavy atom. The molecule has 0 saturated carbocycles. The SMILES string of the molecule is NC(CC(=O)Nc1ccn([C@@H]2O[C@H](CO)[C@H](O)C3OC[C@H]32)c(=O)n1)C(=O)O. The van der Waals surface area contributed by atoms with Crippen molar-refractivity contribution in [3.05, 3.63) is 22.7 Å². The minimum atomic E-state index is -1.36. The van der Waals surface area contributed by atoms with Gasteiger partial charge < -0.3 is 35.8 Å². The molecular formula is C15H20N4O8. The number of hydrogen-bond acceptors (Lipinski definition) is 9. The highest BCUT2D eigenvalue weighted by molar-refractivity contribution is 5.93. The number of carboxylic acids is 1. The molecule has 2 saturated heterocycles. The average Bonchev–Trinajstić information content (AvgIpc) is 2.56. The van der Waals surface area contributed by atoms with Crippen LogP contribution < -0.4 is 16.7 Å². The lowest BCUT2D eigenvalue weighted by Gasteiger charge is -2.50. The summed E-state index contributed by atoms with van der Waals surface area (Å²) in [4.78, 5) is 38.5. The molecule has 2 aliphatic heterocycles. The van der Waals surface area contributed by atoms with E-state index in [4.69, 9.17) is 20.3 Å². The number of amides is 1. The zero-order valence-corrected chi connectivity index (χ0v) is 14.1. The fourth-order valence-corrected chi connectivity index (χ4v) is 3.07. The molecule has 1 aromatic heterocycles. The number of aliphatic carboxylic acids is 1. The first-order valence-corrected chi connectivity index (χ1v) is 8.25. The van der Waals surface area contributed by atoms with Crippen LogP contribution in [-0.2, 0) is 19.1 Å². The highest BCUT2D eigenvalue weighted by atomic mass is 16.6. The third kappa shape index (κ3) is 3.84. The van der Waals surface area contributed by atoms with E-state index in [0.717, 1.165) is 0 Å². The van der Waals surface area contributed by atoms with Gasteiger partial charge in [-0.05, 0) is 6.07 Å². The first-order valence-electron chi connectivity index (χ1n) is 8.25. The number of aliphatic hydroxyl groups excluding tert-OH is 2. The maximum atomic E-state index is 12.3. The van der Waals surface area contributed by atoms with Gasteiger partial charge in [-0.15, -0.1) is 0 Å². The van der Waals surface area contributed by atoms with Gasteiger partial charge in [-0.2, -0.15) is 4.98 Å². The highest BCUT2D eigenvalue weighted by Gasteiger charge is 2.52. The zero-order chi connectivity index (χ0) is 19.7. The van der Waals surface area contributed by atoms with E-state index >= 15 is 0 Å². The number of anilines is 1. The van der Waals surface area contributed by atoms with Crippen molar-refractivity contribution in [3.8, 4) is 0 Å². The molecule has 3 rings (SSSR count). The number of carboxylic acid groups (broad SMARTS) is 1. The van der Waals surface area contributed by atoms with Crippen molar-refractivity contribution in [2.75, 3.05) is 18.5 Å². The van der Waals surface area contributed by atoms with E-state index < -0.39 is 61.2 Å². The van der Waals surface area contributed by atoms with Crippen LogP contribution in [0.15, 0.2) is 17.1 Å². The van der Waals surface area contributed by atoms with E-state index in [9.17, 15) is 24.6 Å². The second kappa shape index (κ2) is 7.70. The van der Waals surface area contributed by atoms with Crippen LogP contribution in [0.4, 0.5) is 5.82 Å². The van der Waals surface area contributed by atoms with Crippen molar-refractivity contribution in [1.29, 1.82) is 0 Å². The van der Waals surface area contributed by atoms with Crippen LogP contribution in [0.1, 0.15) is 12.6 Å². The van der Waals surface area contributed by atoms with Crippen LogP contribution in [0, 0.1) is 5.92 Å². The summed E-state index contributed by atoms with van der Waals surface area (Å²) in [6.45, 7) is -0.160. The largest absolute Gasteiger partial charge is 0.480 e. The fraction of sp³-hybridized carbons (Fsp3) is 0.600. The van der Waals surface area contributed by atoms with Crippen LogP contribution in [0.2, 0.25) is 0 Å². The van der Waals surface area contributed by atoms with Crippen LogP contribution in [0.5, 0.6) is 0 Å². The number of nitrogens with two attached hydrogens (primary N) is 1. The van der Waals surface area contributed by atoms with E-state index in [1.807, 2.05) is 0 Å². The molecule has 0 radical (unpaired) electrons. The van der Waals surface area contributed by atoms with Gasteiger partial charge in [0, 0.05) is 6.20 Å². The average molecular weight is 384 g/mol. The van der Waals surface area contributed by atoms with Gasteiger partial charge in [-0.1, -0.05) is 0 Å². The number of fused-ring (bicyclic) bond motifs is 1. The van der Waals surface area contributed by atoms with Crippen molar-refractivity contribution < 1.29 is 34.4 Å². The van der Waals surface area contributed by atoms with Crippen molar-refractivity contribution in [3.63, 3.8) is 0 Å². The lowest BCUT2D eigenvalue weighted by atomic mass is 9.86. The molecule has 2 fully saturated rings. The minimum absolute atomic E-state index is 0.0604. The Morgan fingerprint density at radius 3 is 2.78 bits per heavy atom. The Hall–Kier alpha value is -2.38. The summed E-state index contributed by atoms with van der Waals surface area (Å²) < 4.78 is 12.1. The van der Waals surface area contributed by atoms with Gasteiger partial charge in [-0.25, -0.2) is 4.79 Å². The predicted octanol–water partition coefficient (Wildman–Crippen LogP) is -2.75. The summed E-state index contributed by atoms with van der Waals surface area (Å²) in [5.74, 6) is -2.36. The molecule has 1 aromatic rings. The molecule has 12 nitrogen and oxygen atoms in total. The molecule has 2 unspecified atom stereocenters. The minimum Gasteiger partial charge on any atom is -0.480 e. The maximum absolute atomic E-state index is 12.3. The number of rotatable bonds is 6. The third-order valence-corrected chi connectivity index (χ3v) is 4.58. The second-order valence-electron chi connectivity index (χ2n) is 6.40. The van der Waals surface area contributed by atoms with Gasteiger partial charge in [0.05, 0.1) is 31.7 Å². The molecule has 3 heterocycles. The van der Waals surface area contributed by atoms with Crippen LogP contribution in [0.3, 0.4) is 0 Å². The molecule has 148 valence electrons. The van der Waals surface area contributed by atoms with Crippen LogP contribution in [-0.4, -0.2) is 74.3 Å². The molecule has 6 atom stereocenters. The fourth-order valence-electron chi connectivity index (χ4n) is 3.07. The van der Waals surface area contributed by atoms with E-state index in [1.165, 1.54) is 16.8 Å². The topological polar surface area (TPSA) is 186 Å². The molecule has 0 bridgehead atoms. The monoisotopic (exact) mass is 384 g/mol. The Bertz CT molecular complexity index is 779. The first-order chi connectivity index (χ1) is 12.8. The second-order valence-corrected chi connectivity index (χ2v) is 6.40. The Balaban J connectivity index is 1.72. The van der Waals surface area contributed by atoms with Gasteiger partial charge in [0.15, 0.2) is 0 Å². The standard InChI is InChI=1S/C15H20N4O8/c16-7(14(23)24)3-10(21)17-9-1-2-19(15(25)18-9)13-6-5-26-12(6)11(22)8(4-20)27-13/h1-2,6-8,11-13,20,22H,3-5,16H2,(H,23,24)(H,17,18,21,25)/t6-,7?,8-,11+,12?,13-/m1/s1. The molecule has 12 heteroatoms. The molecule has 0 aromatic carbocycles. The van der Waals surface area contributed by atoms with Crippen molar-refractivity contribution in [1.82, 2.24) is 9.55 Å². The van der Waals surface area contributed by atoms with E-state index in [2.05, 4.69) is 10.3 Å². The van der Waals surface area contributed by atoms with Gasteiger partial charge >= 0.3 is 11.7 Å². The summed E-state index contributed by atoms with van der Waals surface area (Å²) in [6, 6.07) is -0.0129. The van der Waals surface area contributed by atoms with Gasteiger partial charge in [0.2, 0.25) is 5.91 Å². The van der Waals surface area contributed by atoms with Crippen molar-refractivity contribution in [2.45, 2.75) is 37.0 Å². The predicted molar refractivity (Wildman–Crippen MR) is 87.6 cm³/mol. The smallest absolute Gasteiger partial charge is 0.351 e. The maximum Gasteiger partial charge on any atom is 0.351 e. The van der Waals surface area contributed by atoms with Crippen molar-refractivity contribution >= 4 is 17.7 Å². The molecule has 0 spiro atoms. The van der Waals surface area contributed by atoms with E-state index in [-0.39, 0.29) is 18.3 Å². The number of hydrogen-bond donors (Lipinski definition) is 5. The summed E-state index contributed by atoms with van der Waals surface area (Å²) in [5.41, 5.74) is 4.56. The van der Waals surface area contributed by atoms with Gasteiger partial charge in [0.1, 0.15) is 30.3 Å². The molecule has 6 N–H and O–H groups in total. The number of aliphatic hydroxyl groups is 2. The summed E-state index contributed by atoms with van der Waals surface area (Å²) in [7, 11) is 0. The van der Waals surface area contributed by atoms with Crippen LogP contribution in [0.25, 0.3) is 0 Å². The molecule has 1 amide bonds. The van der Waals surface area contributed by atoms with E-state index in [0.29, 0.717) is 0 Å². The Morgan fingerprint density at radius 1 is 1.48 bits per heavy atom. The molecule has 2 aliphatic rings. The van der Waals surface area contributed by atoms with E-state index in [1.54, 1.807) is 0 Å². The number of ether oxygens (including phenoxy) is 2. The summed E-state index contributed by atoms with van der Waals surface area (Å²) in [6.07, 6.45) is -2.35. The Labute approximate surface area is 152 Å². The number of carbonyl (C=O) groups excluding carboxylic acids is 1.